The molecule has 33 heavy (non-hydrogen) atoms. The summed E-state index contributed by atoms with van der Waals surface area (Å²) in [5.41, 5.74) is 3.19. The first-order chi connectivity index (χ1) is 15.9. The smallest absolute Gasteiger partial charge is 0.266 e. The van der Waals surface area contributed by atoms with Crippen molar-refractivity contribution in [2.24, 2.45) is 0 Å². The summed E-state index contributed by atoms with van der Waals surface area (Å²) in [6.45, 7) is 5.88. The molecule has 8 heteroatoms. The summed E-state index contributed by atoms with van der Waals surface area (Å²) < 4.78 is 16.3. The van der Waals surface area contributed by atoms with E-state index in [0.29, 0.717) is 49.1 Å². The summed E-state index contributed by atoms with van der Waals surface area (Å²) in [6, 6.07) is 12.5. The number of ether oxygens (including phenoxy) is 3. The Morgan fingerprint density at radius 1 is 1.18 bits per heavy atom. The number of nitriles is 1. The Hall–Kier alpha value is -3.83. The number of amides is 2. The first-order valence-electron chi connectivity index (χ1n) is 10.6. The number of hydrogen-bond acceptors (Lipinski definition) is 6. The van der Waals surface area contributed by atoms with Gasteiger partial charge in [0.05, 0.1) is 20.3 Å². The van der Waals surface area contributed by atoms with Gasteiger partial charge in [-0.2, -0.15) is 5.26 Å². The summed E-state index contributed by atoms with van der Waals surface area (Å²) in [5.74, 6) is 0.168. The fraction of sp³-hybridized carbons (Fsp3) is 0.320. The van der Waals surface area contributed by atoms with Crippen LogP contribution in [0.1, 0.15) is 16.7 Å². The van der Waals surface area contributed by atoms with E-state index in [0.717, 1.165) is 11.1 Å². The highest BCUT2D eigenvalue weighted by Crippen LogP contribution is 2.29. The van der Waals surface area contributed by atoms with Crippen molar-refractivity contribution in [3.05, 3.63) is 58.7 Å². The number of rotatable bonds is 7. The van der Waals surface area contributed by atoms with Gasteiger partial charge in [0, 0.05) is 18.8 Å². The van der Waals surface area contributed by atoms with Crippen molar-refractivity contribution in [3.8, 4) is 17.6 Å². The van der Waals surface area contributed by atoms with E-state index < -0.39 is 5.91 Å². The number of nitrogens with one attached hydrogen (secondary N) is 1. The van der Waals surface area contributed by atoms with Crippen LogP contribution in [0.5, 0.6) is 11.5 Å². The molecule has 1 fully saturated rings. The number of aryl methyl sites for hydroxylation is 1. The van der Waals surface area contributed by atoms with Crippen LogP contribution >= 0.6 is 0 Å². The van der Waals surface area contributed by atoms with Gasteiger partial charge in [-0.25, -0.2) is 0 Å². The number of hydrogen-bond donors (Lipinski definition) is 1. The van der Waals surface area contributed by atoms with Crippen molar-refractivity contribution in [3.63, 3.8) is 0 Å². The first kappa shape index (κ1) is 23.8. The second-order valence-corrected chi connectivity index (χ2v) is 7.56. The summed E-state index contributed by atoms with van der Waals surface area (Å²) in [5, 5.41) is 12.3. The predicted octanol–water partition coefficient (Wildman–Crippen LogP) is 3.10. The normalized spacial score (nSPS) is 13.8. The molecular weight excluding hydrogens is 422 g/mol. The third kappa shape index (κ3) is 6.11. The van der Waals surface area contributed by atoms with E-state index in [4.69, 9.17) is 14.2 Å². The zero-order valence-corrected chi connectivity index (χ0v) is 19.0. The van der Waals surface area contributed by atoms with Crippen LogP contribution in [0.4, 0.5) is 5.69 Å². The molecular formula is C25H27N3O5. The van der Waals surface area contributed by atoms with Crippen molar-refractivity contribution >= 4 is 23.6 Å². The maximum atomic E-state index is 12.7. The van der Waals surface area contributed by atoms with Crippen LogP contribution < -0.4 is 14.8 Å². The van der Waals surface area contributed by atoms with Crippen molar-refractivity contribution in [1.82, 2.24) is 4.90 Å². The van der Waals surface area contributed by atoms with Gasteiger partial charge in [0.25, 0.3) is 11.8 Å². The maximum Gasteiger partial charge on any atom is 0.266 e. The molecule has 1 saturated heterocycles. The third-order valence-corrected chi connectivity index (χ3v) is 5.43. The largest absolute Gasteiger partial charge is 0.493 e. The van der Waals surface area contributed by atoms with E-state index in [-0.39, 0.29) is 18.1 Å². The third-order valence-electron chi connectivity index (χ3n) is 5.43. The number of nitrogens with zero attached hydrogens (tertiary/aromatic N) is 2. The van der Waals surface area contributed by atoms with Gasteiger partial charge < -0.3 is 24.4 Å². The minimum atomic E-state index is -0.499. The zero-order valence-electron chi connectivity index (χ0n) is 19.0. The molecule has 2 aromatic carbocycles. The van der Waals surface area contributed by atoms with Gasteiger partial charge in [-0.05, 0) is 54.8 Å². The number of morpholine rings is 1. The number of methoxy groups -OCH3 is 1. The predicted molar refractivity (Wildman–Crippen MR) is 124 cm³/mol. The molecule has 0 radical (unpaired) electrons. The zero-order chi connectivity index (χ0) is 23.8. The van der Waals surface area contributed by atoms with E-state index in [1.165, 1.54) is 13.2 Å². The summed E-state index contributed by atoms with van der Waals surface area (Å²) in [6.07, 6.45) is 1.48. The lowest BCUT2D eigenvalue weighted by atomic mass is 10.1. The highest BCUT2D eigenvalue weighted by Gasteiger charge is 2.18. The molecule has 0 saturated carbocycles. The van der Waals surface area contributed by atoms with Crippen molar-refractivity contribution in [1.29, 1.82) is 5.26 Å². The molecule has 0 aromatic heterocycles. The summed E-state index contributed by atoms with van der Waals surface area (Å²) >= 11 is 0. The second kappa shape index (κ2) is 11.2. The van der Waals surface area contributed by atoms with Crippen LogP contribution in [0, 0.1) is 25.2 Å². The van der Waals surface area contributed by atoms with Crippen LogP contribution in [0.3, 0.4) is 0 Å². The average Bonchev–Trinajstić information content (AvgIpc) is 2.84. The van der Waals surface area contributed by atoms with Crippen LogP contribution in [-0.2, 0) is 14.3 Å². The lowest BCUT2D eigenvalue weighted by molar-refractivity contribution is -0.137. The van der Waals surface area contributed by atoms with E-state index >= 15 is 0 Å². The molecule has 0 atom stereocenters. The molecule has 0 aliphatic carbocycles. The Bertz CT molecular complexity index is 1100. The molecule has 1 heterocycles. The first-order valence-corrected chi connectivity index (χ1v) is 10.6. The van der Waals surface area contributed by atoms with Gasteiger partial charge in [-0.15, -0.1) is 0 Å². The quantitative estimate of drug-likeness (QED) is 0.515. The Morgan fingerprint density at radius 3 is 2.64 bits per heavy atom. The van der Waals surface area contributed by atoms with Gasteiger partial charge in [0.15, 0.2) is 18.1 Å². The van der Waals surface area contributed by atoms with Crippen molar-refractivity contribution in [2.45, 2.75) is 13.8 Å². The van der Waals surface area contributed by atoms with E-state index in [9.17, 15) is 14.9 Å². The van der Waals surface area contributed by atoms with Crippen LogP contribution in [0.15, 0.2) is 42.0 Å². The monoisotopic (exact) mass is 449 g/mol. The van der Waals surface area contributed by atoms with E-state index in [2.05, 4.69) is 5.32 Å². The maximum absolute atomic E-state index is 12.7. The van der Waals surface area contributed by atoms with Crippen molar-refractivity contribution < 1.29 is 23.8 Å². The van der Waals surface area contributed by atoms with Gasteiger partial charge >= 0.3 is 0 Å². The Morgan fingerprint density at radius 2 is 1.94 bits per heavy atom. The van der Waals surface area contributed by atoms with E-state index in [1.807, 2.05) is 32.0 Å². The minimum Gasteiger partial charge on any atom is -0.493 e. The van der Waals surface area contributed by atoms with Gasteiger partial charge in [0.1, 0.15) is 11.6 Å². The highest BCUT2D eigenvalue weighted by molar-refractivity contribution is 6.10. The fourth-order valence-corrected chi connectivity index (χ4v) is 3.33. The SMILES string of the molecule is COc1cc(/C=C(/C#N)C(=O)Nc2cccc(C)c2C)ccc1OCC(=O)N1CCOCC1. The molecule has 0 spiro atoms. The molecule has 0 bridgehead atoms. The summed E-state index contributed by atoms with van der Waals surface area (Å²) in [4.78, 5) is 26.7. The van der Waals surface area contributed by atoms with Crippen LogP contribution in [0.25, 0.3) is 6.08 Å². The number of benzene rings is 2. The summed E-state index contributed by atoms with van der Waals surface area (Å²) in [7, 11) is 1.48. The minimum absolute atomic E-state index is 0.0471. The molecule has 2 amide bonds. The highest BCUT2D eigenvalue weighted by atomic mass is 16.5. The van der Waals surface area contributed by atoms with Gasteiger partial charge in [-0.3, -0.25) is 9.59 Å². The number of carbonyl (C=O) groups excluding carboxylic acids is 2. The number of anilines is 1. The molecule has 3 rings (SSSR count). The lowest BCUT2D eigenvalue weighted by Crippen LogP contribution is -2.43. The number of carbonyl (C=O) groups is 2. The molecule has 172 valence electrons. The van der Waals surface area contributed by atoms with Crippen molar-refractivity contribution in [2.75, 3.05) is 45.3 Å². The molecule has 0 unspecified atom stereocenters. The van der Waals surface area contributed by atoms with Crippen LogP contribution in [-0.4, -0.2) is 56.7 Å². The molecule has 2 aromatic rings. The molecule has 1 aliphatic heterocycles. The van der Waals surface area contributed by atoms with E-state index in [1.54, 1.807) is 29.2 Å². The fourth-order valence-electron chi connectivity index (χ4n) is 3.33. The Balaban J connectivity index is 1.71. The Labute approximate surface area is 193 Å². The Kier molecular flexibility index (Phi) is 8.06. The van der Waals surface area contributed by atoms with Crippen LogP contribution in [0.2, 0.25) is 0 Å². The molecule has 1 aliphatic rings. The lowest BCUT2D eigenvalue weighted by Gasteiger charge is -2.26. The average molecular weight is 450 g/mol. The topological polar surface area (TPSA) is 101 Å². The molecule has 1 N–H and O–H groups in total. The second-order valence-electron chi connectivity index (χ2n) is 7.56. The van der Waals surface area contributed by atoms with Gasteiger partial charge in [0.2, 0.25) is 0 Å². The van der Waals surface area contributed by atoms with Gasteiger partial charge in [-0.1, -0.05) is 18.2 Å². The standard InChI is InChI=1S/C25H27N3O5/c1-17-5-4-6-21(18(17)2)27-25(30)20(15-26)13-19-7-8-22(23(14-19)31-3)33-16-24(29)28-9-11-32-12-10-28/h4-8,13-14H,9-12,16H2,1-3H3,(H,27,30)/b20-13-. The molecule has 8 nitrogen and oxygen atoms in total.